The zero-order valence-electron chi connectivity index (χ0n) is 24.8. The number of rotatable bonds is 9. The van der Waals surface area contributed by atoms with Crippen molar-refractivity contribution in [3.63, 3.8) is 0 Å². The number of nitrogens with one attached hydrogen (secondary N) is 2. The molecule has 1 unspecified atom stereocenters. The predicted octanol–water partition coefficient (Wildman–Crippen LogP) is 2.91. The van der Waals surface area contributed by atoms with Crippen LogP contribution >= 0.6 is 0 Å². The van der Waals surface area contributed by atoms with Gasteiger partial charge >= 0.3 is 5.97 Å². The van der Waals surface area contributed by atoms with E-state index in [1.54, 1.807) is 11.0 Å². The summed E-state index contributed by atoms with van der Waals surface area (Å²) in [6.07, 6.45) is 1.01. The average molecular weight is 576 g/mol. The van der Waals surface area contributed by atoms with E-state index in [9.17, 15) is 19.2 Å². The lowest BCUT2D eigenvalue weighted by molar-refractivity contribution is -0.155. The molecular formula is C32H41N5O5. The minimum atomic E-state index is -0.622. The van der Waals surface area contributed by atoms with E-state index in [4.69, 9.17) is 4.74 Å². The topological polar surface area (TPSA) is 111 Å². The van der Waals surface area contributed by atoms with Crippen LogP contribution in [0.4, 0.5) is 5.69 Å². The maximum absolute atomic E-state index is 13.1. The Morgan fingerprint density at radius 3 is 2.36 bits per heavy atom. The molecule has 0 spiro atoms. The number of anilines is 1. The molecule has 3 aliphatic heterocycles. The number of benzene rings is 2. The molecule has 2 aromatic carbocycles. The molecule has 2 saturated heterocycles. The Kier molecular flexibility index (Phi) is 8.93. The highest BCUT2D eigenvalue weighted by atomic mass is 16.6. The molecule has 42 heavy (non-hydrogen) atoms. The Morgan fingerprint density at radius 2 is 1.67 bits per heavy atom. The number of piperazine rings is 1. The molecule has 224 valence electrons. The monoisotopic (exact) mass is 575 g/mol. The van der Waals surface area contributed by atoms with Crippen LogP contribution in [-0.2, 0) is 38.8 Å². The third-order valence-corrected chi connectivity index (χ3v) is 8.01. The first kappa shape index (κ1) is 29.7. The third-order valence-electron chi connectivity index (χ3n) is 8.01. The first-order valence-corrected chi connectivity index (χ1v) is 14.8. The SMILES string of the molecule is CC(C)(C)OC(=O)CCN1CCN(Cc2ccc(CNc3cccc4c3CN(C3CCC(=O)NC3=O)C4=O)cc2)CC1. The zero-order valence-corrected chi connectivity index (χ0v) is 24.8. The number of hydrogen-bond acceptors (Lipinski definition) is 8. The number of imide groups is 1. The molecule has 3 amide bonds. The van der Waals surface area contributed by atoms with Gasteiger partial charge in [-0.05, 0) is 50.5 Å². The van der Waals surface area contributed by atoms with Crippen LogP contribution in [0.15, 0.2) is 42.5 Å². The molecule has 3 aliphatic rings. The second-order valence-corrected chi connectivity index (χ2v) is 12.4. The first-order chi connectivity index (χ1) is 20.1. The van der Waals surface area contributed by atoms with Crippen LogP contribution in [0.2, 0.25) is 0 Å². The van der Waals surface area contributed by atoms with Gasteiger partial charge in [0.2, 0.25) is 11.8 Å². The van der Waals surface area contributed by atoms with Gasteiger partial charge in [-0.1, -0.05) is 30.3 Å². The van der Waals surface area contributed by atoms with Crippen LogP contribution < -0.4 is 10.6 Å². The Hall–Kier alpha value is -3.76. The van der Waals surface area contributed by atoms with Crippen LogP contribution in [0.25, 0.3) is 0 Å². The standard InChI is InChI=1S/C32H41N5O5/c1-32(2,3)42-29(39)13-14-35-15-17-36(18-16-35)20-23-9-7-22(8-10-23)19-33-26-6-4-5-24-25(26)21-37(31(24)41)27-11-12-28(38)34-30(27)40/h4-10,27,33H,11-21H2,1-3H3,(H,34,38,40). The van der Waals surface area contributed by atoms with Crippen molar-refractivity contribution in [1.82, 2.24) is 20.0 Å². The Balaban J connectivity index is 1.09. The Labute approximate surface area is 247 Å². The maximum atomic E-state index is 13.1. The number of hydrogen-bond donors (Lipinski definition) is 2. The largest absolute Gasteiger partial charge is 0.460 e. The van der Waals surface area contributed by atoms with Gasteiger partial charge in [-0.2, -0.15) is 0 Å². The van der Waals surface area contributed by atoms with E-state index in [0.29, 0.717) is 31.5 Å². The third kappa shape index (κ3) is 7.35. The maximum Gasteiger partial charge on any atom is 0.307 e. The number of fused-ring (bicyclic) bond motifs is 1. The summed E-state index contributed by atoms with van der Waals surface area (Å²) in [5.74, 6) is -0.999. The zero-order chi connectivity index (χ0) is 29.9. The number of carbonyl (C=O) groups excluding carboxylic acids is 4. The van der Waals surface area contributed by atoms with E-state index < -0.39 is 17.6 Å². The lowest BCUT2D eigenvalue weighted by Gasteiger charge is -2.34. The van der Waals surface area contributed by atoms with Gasteiger partial charge in [-0.25, -0.2) is 0 Å². The molecule has 5 rings (SSSR count). The predicted molar refractivity (Wildman–Crippen MR) is 158 cm³/mol. The molecule has 0 aliphatic carbocycles. The van der Waals surface area contributed by atoms with Crippen LogP contribution in [0.3, 0.4) is 0 Å². The number of carbonyl (C=O) groups is 4. The molecule has 2 fully saturated rings. The molecule has 10 heteroatoms. The summed E-state index contributed by atoms with van der Waals surface area (Å²) in [6, 6.07) is 13.6. The fourth-order valence-electron chi connectivity index (χ4n) is 5.78. The van der Waals surface area contributed by atoms with E-state index >= 15 is 0 Å². The van der Waals surface area contributed by atoms with Crippen molar-refractivity contribution in [3.8, 4) is 0 Å². The van der Waals surface area contributed by atoms with Gasteiger partial charge in [0.25, 0.3) is 5.91 Å². The van der Waals surface area contributed by atoms with Crippen LogP contribution in [0.5, 0.6) is 0 Å². The molecular weight excluding hydrogens is 534 g/mol. The normalized spacial score (nSPS) is 19.9. The van der Waals surface area contributed by atoms with E-state index in [1.807, 2.05) is 32.9 Å². The molecule has 2 aromatic rings. The number of piperidine rings is 1. The van der Waals surface area contributed by atoms with Crippen LogP contribution in [-0.4, -0.2) is 82.8 Å². The van der Waals surface area contributed by atoms with Crippen LogP contribution in [0.1, 0.15) is 67.1 Å². The summed E-state index contributed by atoms with van der Waals surface area (Å²) in [4.78, 5) is 55.4. The smallest absolute Gasteiger partial charge is 0.307 e. The fraction of sp³-hybridized carbons (Fsp3) is 0.500. The van der Waals surface area contributed by atoms with Crippen molar-refractivity contribution in [2.24, 2.45) is 0 Å². The van der Waals surface area contributed by atoms with Gasteiger partial charge in [-0.15, -0.1) is 0 Å². The molecule has 0 bridgehead atoms. The minimum Gasteiger partial charge on any atom is -0.460 e. The number of nitrogens with zero attached hydrogens (tertiary/aromatic N) is 3. The van der Waals surface area contributed by atoms with E-state index in [2.05, 4.69) is 44.7 Å². The van der Waals surface area contributed by atoms with Crippen molar-refractivity contribution in [1.29, 1.82) is 0 Å². The summed E-state index contributed by atoms with van der Waals surface area (Å²) < 4.78 is 5.42. The minimum absolute atomic E-state index is 0.140. The summed E-state index contributed by atoms with van der Waals surface area (Å²) in [6.45, 7) is 12.1. The Bertz CT molecular complexity index is 1330. The number of esters is 1. The van der Waals surface area contributed by atoms with Gasteiger partial charge in [0.1, 0.15) is 11.6 Å². The van der Waals surface area contributed by atoms with Gasteiger partial charge in [-0.3, -0.25) is 29.4 Å². The van der Waals surface area contributed by atoms with Crippen molar-refractivity contribution < 1.29 is 23.9 Å². The molecule has 0 saturated carbocycles. The number of ether oxygens (including phenoxy) is 1. The van der Waals surface area contributed by atoms with E-state index in [0.717, 1.165) is 56.1 Å². The molecule has 1 atom stereocenters. The van der Waals surface area contributed by atoms with Gasteiger partial charge in [0.05, 0.1) is 6.42 Å². The second-order valence-electron chi connectivity index (χ2n) is 12.4. The molecule has 2 N–H and O–H groups in total. The molecule has 0 radical (unpaired) electrons. The van der Waals surface area contributed by atoms with Crippen molar-refractivity contribution in [2.75, 3.05) is 38.0 Å². The highest BCUT2D eigenvalue weighted by molar-refractivity contribution is 6.06. The van der Waals surface area contributed by atoms with Gasteiger partial charge in [0, 0.05) is 75.6 Å². The van der Waals surface area contributed by atoms with E-state index in [1.165, 1.54) is 5.56 Å². The molecule has 10 nitrogen and oxygen atoms in total. The van der Waals surface area contributed by atoms with Crippen molar-refractivity contribution in [3.05, 3.63) is 64.7 Å². The summed E-state index contributed by atoms with van der Waals surface area (Å²) in [5.41, 5.74) is 4.31. The molecule has 0 aromatic heterocycles. The first-order valence-electron chi connectivity index (χ1n) is 14.8. The highest BCUT2D eigenvalue weighted by Gasteiger charge is 2.39. The Morgan fingerprint density at radius 1 is 0.976 bits per heavy atom. The fourth-order valence-corrected chi connectivity index (χ4v) is 5.78. The lowest BCUT2D eigenvalue weighted by atomic mass is 10.0. The summed E-state index contributed by atoms with van der Waals surface area (Å²) in [7, 11) is 0. The quantitative estimate of drug-likeness (QED) is 0.347. The van der Waals surface area contributed by atoms with Crippen molar-refractivity contribution in [2.45, 2.75) is 71.3 Å². The van der Waals surface area contributed by atoms with Crippen molar-refractivity contribution >= 4 is 29.4 Å². The van der Waals surface area contributed by atoms with Gasteiger partial charge < -0.3 is 19.9 Å². The average Bonchev–Trinajstić information content (AvgIpc) is 3.28. The van der Waals surface area contributed by atoms with Gasteiger partial charge in [0.15, 0.2) is 0 Å². The summed E-state index contributed by atoms with van der Waals surface area (Å²) >= 11 is 0. The van der Waals surface area contributed by atoms with Crippen LogP contribution in [0, 0.1) is 0 Å². The number of amides is 3. The van der Waals surface area contributed by atoms with E-state index in [-0.39, 0.29) is 24.2 Å². The molecule has 3 heterocycles. The lowest BCUT2D eigenvalue weighted by Crippen LogP contribution is -2.52. The summed E-state index contributed by atoms with van der Waals surface area (Å²) in [5, 5.41) is 5.83. The second kappa shape index (κ2) is 12.6. The highest BCUT2D eigenvalue weighted by Crippen LogP contribution is 2.32.